The summed E-state index contributed by atoms with van der Waals surface area (Å²) < 4.78 is 1.65. The van der Waals surface area contributed by atoms with Crippen LogP contribution in [0.5, 0.6) is 0 Å². The van der Waals surface area contributed by atoms with Crippen molar-refractivity contribution in [1.82, 2.24) is 9.38 Å². The molecule has 94 valence electrons. The molecule has 2 aromatic rings. The maximum atomic E-state index is 12.6. The number of hydrogen-bond acceptors (Lipinski definition) is 2. The van der Waals surface area contributed by atoms with Crippen molar-refractivity contribution in [3.63, 3.8) is 0 Å². The van der Waals surface area contributed by atoms with Crippen LogP contribution in [0.2, 0.25) is 0 Å². The standard InChI is InChI=1S/C15H18N2O/c1-14(2)9-15(3,4)12-11(14)13(18)17-8-6-5-7-10(17)16-12/h5-8H,9H2,1-4H3. The van der Waals surface area contributed by atoms with Gasteiger partial charge in [-0.2, -0.15) is 0 Å². The first kappa shape index (κ1) is 11.5. The minimum atomic E-state index is -0.0973. The summed E-state index contributed by atoms with van der Waals surface area (Å²) in [7, 11) is 0. The number of rotatable bonds is 0. The molecule has 3 nitrogen and oxygen atoms in total. The quantitative estimate of drug-likeness (QED) is 0.711. The van der Waals surface area contributed by atoms with Crippen LogP contribution >= 0.6 is 0 Å². The Hall–Kier alpha value is -1.64. The summed E-state index contributed by atoms with van der Waals surface area (Å²) in [5.74, 6) is 0. The number of fused-ring (bicyclic) bond motifs is 2. The molecule has 18 heavy (non-hydrogen) atoms. The molecule has 0 N–H and O–H groups in total. The van der Waals surface area contributed by atoms with Crippen molar-refractivity contribution in [3.05, 3.63) is 46.0 Å². The van der Waals surface area contributed by atoms with Crippen LogP contribution in [0, 0.1) is 0 Å². The Bertz CT molecular complexity index is 695. The minimum absolute atomic E-state index is 0.0252. The predicted octanol–water partition coefficient (Wildman–Crippen LogP) is 2.65. The van der Waals surface area contributed by atoms with Crippen molar-refractivity contribution in [2.75, 3.05) is 0 Å². The van der Waals surface area contributed by atoms with Crippen LogP contribution < -0.4 is 5.56 Å². The molecule has 0 amide bonds. The lowest BCUT2D eigenvalue weighted by Crippen LogP contribution is -2.27. The number of hydrogen-bond donors (Lipinski definition) is 0. The Balaban J connectivity index is 2.50. The van der Waals surface area contributed by atoms with E-state index in [9.17, 15) is 4.79 Å². The third-order valence-corrected chi connectivity index (χ3v) is 3.94. The van der Waals surface area contributed by atoms with Gasteiger partial charge in [0.15, 0.2) is 0 Å². The molecular weight excluding hydrogens is 224 g/mol. The van der Waals surface area contributed by atoms with Gasteiger partial charge < -0.3 is 0 Å². The van der Waals surface area contributed by atoms with Gasteiger partial charge in [-0.15, -0.1) is 0 Å². The van der Waals surface area contributed by atoms with Crippen molar-refractivity contribution in [2.45, 2.75) is 44.9 Å². The fourth-order valence-electron chi connectivity index (χ4n) is 3.47. The van der Waals surface area contributed by atoms with E-state index in [-0.39, 0.29) is 16.4 Å². The lowest BCUT2D eigenvalue weighted by atomic mass is 9.82. The van der Waals surface area contributed by atoms with Crippen LogP contribution in [0.15, 0.2) is 29.2 Å². The van der Waals surface area contributed by atoms with Crippen LogP contribution in [0.3, 0.4) is 0 Å². The Kier molecular flexibility index (Phi) is 2.05. The van der Waals surface area contributed by atoms with Gasteiger partial charge >= 0.3 is 0 Å². The van der Waals surface area contributed by atoms with Crippen molar-refractivity contribution >= 4 is 5.65 Å². The average Bonchev–Trinajstić information content (AvgIpc) is 2.45. The van der Waals surface area contributed by atoms with E-state index in [1.807, 2.05) is 18.2 Å². The van der Waals surface area contributed by atoms with Crippen molar-refractivity contribution in [1.29, 1.82) is 0 Å². The Morgan fingerprint density at radius 2 is 1.89 bits per heavy atom. The Morgan fingerprint density at radius 3 is 2.61 bits per heavy atom. The molecule has 0 saturated carbocycles. The van der Waals surface area contributed by atoms with E-state index in [1.165, 1.54) is 0 Å². The van der Waals surface area contributed by atoms with Crippen molar-refractivity contribution in [2.24, 2.45) is 0 Å². The Labute approximate surface area is 106 Å². The normalized spacial score (nSPS) is 20.0. The highest BCUT2D eigenvalue weighted by Crippen LogP contribution is 2.46. The Morgan fingerprint density at radius 1 is 1.17 bits per heavy atom. The summed E-state index contributed by atoms with van der Waals surface area (Å²) in [4.78, 5) is 17.4. The van der Waals surface area contributed by atoms with E-state index in [1.54, 1.807) is 10.6 Å². The minimum Gasteiger partial charge on any atom is -0.269 e. The SMILES string of the molecule is CC1(C)CC(C)(C)c2c1nc1ccccn1c2=O. The van der Waals surface area contributed by atoms with E-state index in [4.69, 9.17) is 4.98 Å². The molecule has 1 aliphatic rings. The first-order chi connectivity index (χ1) is 8.33. The van der Waals surface area contributed by atoms with Gasteiger partial charge in [0, 0.05) is 17.2 Å². The molecule has 2 aromatic heterocycles. The summed E-state index contributed by atoms with van der Waals surface area (Å²) in [6, 6.07) is 5.68. The van der Waals surface area contributed by atoms with Gasteiger partial charge in [0.2, 0.25) is 0 Å². The molecule has 0 unspecified atom stereocenters. The summed E-state index contributed by atoms with van der Waals surface area (Å²) in [5.41, 5.74) is 2.57. The van der Waals surface area contributed by atoms with Gasteiger partial charge in [-0.25, -0.2) is 4.98 Å². The van der Waals surface area contributed by atoms with Crippen LogP contribution in [0.4, 0.5) is 0 Å². The molecule has 0 aromatic carbocycles. The van der Waals surface area contributed by atoms with Crippen LogP contribution in [-0.2, 0) is 10.8 Å². The molecule has 3 rings (SSSR count). The summed E-state index contributed by atoms with van der Waals surface area (Å²) in [6.07, 6.45) is 2.76. The molecule has 0 fully saturated rings. The smallest absolute Gasteiger partial charge is 0.261 e. The van der Waals surface area contributed by atoms with Gasteiger partial charge in [-0.1, -0.05) is 33.8 Å². The van der Waals surface area contributed by atoms with Crippen LogP contribution in [0.1, 0.15) is 45.4 Å². The van der Waals surface area contributed by atoms with E-state index >= 15 is 0 Å². The second kappa shape index (κ2) is 3.22. The van der Waals surface area contributed by atoms with E-state index < -0.39 is 0 Å². The monoisotopic (exact) mass is 242 g/mol. The van der Waals surface area contributed by atoms with Crippen molar-refractivity contribution in [3.8, 4) is 0 Å². The van der Waals surface area contributed by atoms with Gasteiger partial charge in [-0.3, -0.25) is 9.20 Å². The maximum absolute atomic E-state index is 12.6. The molecule has 3 heteroatoms. The van der Waals surface area contributed by atoms with Gasteiger partial charge in [-0.05, 0) is 24.0 Å². The second-order valence-corrected chi connectivity index (χ2v) is 6.51. The lowest BCUT2D eigenvalue weighted by molar-refractivity contribution is 0.399. The third kappa shape index (κ3) is 1.36. The summed E-state index contributed by atoms with van der Waals surface area (Å²) >= 11 is 0. The third-order valence-electron chi connectivity index (χ3n) is 3.94. The zero-order valence-electron chi connectivity index (χ0n) is 11.3. The van der Waals surface area contributed by atoms with E-state index in [0.29, 0.717) is 0 Å². The highest BCUT2D eigenvalue weighted by molar-refractivity contribution is 5.47. The molecular formula is C15H18N2O. The van der Waals surface area contributed by atoms with Crippen LogP contribution in [-0.4, -0.2) is 9.38 Å². The van der Waals surface area contributed by atoms with Crippen molar-refractivity contribution < 1.29 is 0 Å². The molecule has 1 aliphatic carbocycles. The zero-order valence-corrected chi connectivity index (χ0v) is 11.3. The lowest BCUT2D eigenvalue weighted by Gasteiger charge is -2.21. The molecule has 0 atom stereocenters. The molecule has 0 aliphatic heterocycles. The molecule has 0 bridgehead atoms. The largest absolute Gasteiger partial charge is 0.269 e. The van der Waals surface area contributed by atoms with Gasteiger partial charge in [0.25, 0.3) is 5.56 Å². The topological polar surface area (TPSA) is 34.4 Å². The molecule has 0 saturated heterocycles. The number of pyridine rings is 1. The highest BCUT2D eigenvalue weighted by Gasteiger charge is 2.45. The first-order valence-corrected chi connectivity index (χ1v) is 6.35. The zero-order chi connectivity index (χ0) is 13.1. The van der Waals surface area contributed by atoms with Gasteiger partial charge in [0.05, 0.1) is 5.69 Å². The highest BCUT2D eigenvalue weighted by atomic mass is 16.1. The van der Waals surface area contributed by atoms with E-state index in [2.05, 4.69) is 27.7 Å². The van der Waals surface area contributed by atoms with Crippen LogP contribution in [0.25, 0.3) is 5.65 Å². The summed E-state index contributed by atoms with van der Waals surface area (Å²) in [5, 5.41) is 0. The second-order valence-electron chi connectivity index (χ2n) is 6.51. The molecule has 2 heterocycles. The molecule has 0 radical (unpaired) electrons. The maximum Gasteiger partial charge on any atom is 0.261 e. The van der Waals surface area contributed by atoms with E-state index in [0.717, 1.165) is 23.3 Å². The first-order valence-electron chi connectivity index (χ1n) is 6.35. The number of aromatic nitrogens is 2. The summed E-state index contributed by atoms with van der Waals surface area (Å²) in [6.45, 7) is 8.62. The number of nitrogens with zero attached hydrogens (tertiary/aromatic N) is 2. The fourth-order valence-corrected chi connectivity index (χ4v) is 3.47. The molecule has 0 spiro atoms. The predicted molar refractivity (Wildman–Crippen MR) is 72.1 cm³/mol. The van der Waals surface area contributed by atoms with Gasteiger partial charge in [0.1, 0.15) is 5.65 Å². The fraction of sp³-hybridized carbons (Fsp3) is 0.467. The average molecular weight is 242 g/mol.